The molecule has 0 fully saturated rings. The summed E-state index contributed by atoms with van der Waals surface area (Å²) in [7, 11) is 0. The summed E-state index contributed by atoms with van der Waals surface area (Å²) in [6, 6.07) is 25.1. The SMILES string of the molecule is S=C(Nc1ccc(Cl)cc1)N(CCc1ccccc1)/N=C/c1ccc(Cl)cc1. The molecule has 0 aliphatic rings. The third-order valence-corrected chi connectivity index (χ3v) is 4.82. The zero-order chi connectivity index (χ0) is 19.8. The molecule has 0 amide bonds. The average molecular weight is 428 g/mol. The molecule has 0 saturated heterocycles. The monoisotopic (exact) mass is 427 g/mol. The average Bonchev–Trinajstić information content (AvgIpc) is 2.72. The number of benzene rings is 3. The quantitative estimate of drug-likeness (QED) is 0.285. The molecule has 3 aromatic carbocycles. The van der Waals surface area contributed by atoms with Gasteiger partial charge in [0.25, 0.3) is 0 Å². The summed E-state index contributed by atoms with van der Waals surface area (Å²) in [5.41, 5.74) is 3.03. The van der Waals surface area contributed by atoms with Crippen molar-refractivity contribution in [2.75, 3.05) is 11.9 Å². The third kappa shape index (κ3) is 6.34. The van der Waals surface area contributed by atoms with Gasteiger partial charge in [-0.3, -0.25) is 0 Å². The molecular weight excluding hydrogens is 409 g/mol. The number of hydrazone groups is 1. The zero-order valence-electron chi connectivity index (χ0n) is 15.1. The summed E-state index contributed by atoms with van der Waals surface area (Å²) in [5.74, 6) is 0. The van der Waals surface area contributed by atoms with Crippen LogP contribution in [0.4, 0.5) is 5.69 Å². The van der Waals surface area contributed by atoms with Crippen molar-refractivity contribution in [3.05, 3.63) is 100 Å². The van der Waals surface area contributed by atoms with E-state index < -0.39 is 0 Å². The summed E-state index contributed by atoms with van der Waals surface area (Å²) in [6.07, 6.45) is 2.60. The Morgan fingerprint density at radius 1 is 0.893 bits per heavy atom. The summed E-state index contributed by atoms with van der Waals surface area (Å²) in [5, 5.41) is 11.5. The Morgan fingerprint density at radius 2 is 1.50 bits per heavy atom. The normalized spacial score (nSPS) is 10.8. The van der Waals surface area contributed by atoms with E-state index in [9.17, 15) is 0 Å². The minimum atomic E-state index is 0.517. The molecule has 6 heteroatoms. The first-order valence-electron chi connectivity index (χ1n) is 8.78. The van der Waals surface area contributed by atoms with Crippen LogP contribution in [-0.4, -0.2) is 22.9 Å². The molecule has 0 atom stereocenters. The Morgan fingerprint density at radius 3 is 2.14 bits per heavy atom. The van der Waals surface area contributed by atoms with Crippen LogP contribution in [0.5, 0.6) is 0 Å². The van der Waals surface area contributed by atoms with Crippen LogP contribution in [-0.2, 0) is 6.42 Å². The predicted octanol–water partition coefficient (Wildman–Crippen LogP) is 6.27. The predicted molar refractivity (Wildman–Crippen MR) is 124 cm³/mol. The Hall–Kier alpha value is -2.40. The van der Waals surface area contributed by atoms with Gasteiger partial charge in [-0.1, -0.05) is 65.7 Å². The van der Waals surface area contributed by atoms with Crippen LogP contribution in [0.15, 0.2) is 84.0 Å². The maximum atomic E-state index is 5.95. The van der Waals surface area contributed by atoms with Gasteiger partial charge < -0.3 is 5.32 Å². The topological polar surface area (TPSA) is 27.6 Å². The van der Waals surface area contributed by atoms with Gasteiger partial charge in [0.15, 0.2) is 5.11 Å². The number of nitrogens with zero attached hydrogens (tertiary/aromatic N) is 2. The van der Waals surface area contributed by atoms with Crippen molar-refractivity contribution in [3.8, 4) is 0 Å². The van der Waals surface area contributed by atoms with Crippen LogP contribution in [0.25, 0.3) is 0 Å². The molecule has 3 aromatic rings. The van der Waals surface area contributed by atoms with Crippen molar-refractivity contribution in [3.63, 3.8) is 0 Å². The standard InChI is InChI=1S/C22H19Cl2N3S/c23-19-8-6-18(7-9-19)16-25-27(15-14-17-4-2-1-3-5-17)22(28)26-21-12-10-20(24)11-13-21/h1-13,16H,14-15H2,(H,26,28)/b25-16+. The van der Waals surface area contributed by atoms with E-state index in [4.69, 9.17) is 35.4 Å². The highest BCUT2D eigenvalue weighted by Gasteiger charge is 2.09. The van der Waals surface area contributed by atoms with Gasteiger partial charge >= 0.3 is 0 Å². The fraction of sp³-hybridized carbons (Fsp3) is 0.0909. The fourth-order valence-electron chi connectivity index (χ4n) is 2.50. The largest absolute Gasteiger partial charge is 0.331 e. The number of rotatable bonds is 6. The highest BCUT2D eigenvalue weighted by atomic mass is 35.5. The van der Waals surface area contributed by atoms with Crippen molar-refractivity contribution < 1.29 is 0 Å². The molecule has 28 heavy (non-hydrogen) atoms. The van der Waals surface area contributed by atoms with E-state index >= 15 is 0 Å². The van der Waals surface area contributed by atoms with E-state index in [0.29, 0.717) is 21.7 Å². The number of halogens is 2. The number of thiocarbonyl (C=S) groups is 1. The fourth-order valence-corrected chi connectivity index (χ4v) is 3.01. The third-order valence-electron chi connectivity index (χ3n) is 4.00. The van der Waals surface area contributed by atoms with E-state index in [-0.39, 0.29) is 0 Å². The van der Waals surface area contributed by atoms with Gasteiger partial charge in [0.2, 0.25) is 0 Å². The molecule has 3 rings (SSSR count). The molecule has 0 unspecified atom stereocenters. The molecular formula is C22H19Cl2N3S. The Labute approximate surface area is 180 Å². The van der Waals surface area contributed by atoms with Crippen molar-refractivity contribution in [2.45, 2.75) is 6.42 Å². The van der Waals surface area contributed by atoms with Crippen molar-refractivity contribution >= 4 is 52.4 Å². The van der Waals surface area contributed by atoms with Gasteiger partial charge in [0.1, 0.15) is 0 Å². The summed E-state index contributed by atoms with van der Waals surface area (Å²) >= 11 is 17.5. The molecule has 0 aliphatic carbocycles. The van der Waals surface area contributed by atoms with Crippen LogP contribution in [0, 0.1) is 0 Å². The van der Waals surface area contributed by atoms with E-state index in [2.05, 4.69) is 22.6 Å². The van der Waals surface area contributed by atoms with Gasteiger partial charge in [-0.25, -0.2) is 5.01 Å². The number of nitrogens with one attached hydrogen (secondary N) is 1. The molecule has 0 aliphatic heterocycles. The van der Waals surface area contributed by atoms with Crippen LogP contribution in [0.3, 0.4) is 0 Å². The lowest BCUT2D eigenvalue weighted by Crippen LogP contribution is -2.32. The Balaban J connectivity index is 1.73. The molecule has 0 heterocycles. The molecule has 142 valence electrons. The van der Waals surface area contributed by atoms with Crippen molar-refractivity contribution in [1.29, 1.82) is 0 Å². The van der Waals surface area contributed by atoms with Crippen LogP contribution < -0.4 is 5.32 Å². The lowest BCUT2D eigenvalue weighted by molar-refractivity contribution is 0.458. The molecule has 0 radical (unpaired) electrons. The Bertz CT molecular complexity index is 926. The maximum Gasteiger partial charge on any atom is 0.194 e. The maximum absolute atomic E-state index is 5.95. The summed E-state index contributed by atoms with van der Waals surface area (Å²) in [4.78, 5) is 0. The minimum Gasteiger partial charge on any atom is -0.331 e. The van der Waals surface area contributed by atoms with Crippen LogP contribution in [0.1, 0.15) is 11.1 Å². The van der Waals surface area contributed by atoms with Crippen molar-refractivity contribution in [2.24, 2.45) is 5.10 Å². The zero-order valence-corrected chi connectivity index (χ0v) is 17.4. The van der Waals surface area contributed by atoms with Crippen LogP contribution in [0.2, 0.25) is 10.0 Å². The van der Waals surface area contributed by atoms with Crippen molar-refractivity contribution in [1.82, 2.24) is 5.01 Å². The van der Waals surface area contributed by atoms with Gasteiger partial charge in [-0.15, -0.1) is 0 Å². The second-order valence-electron chi connectivity index (χ2n) is 6.09. The second-order valence-corrected chi connectivity index (χ2v) is 7.35. The summed E-state index contributed by atoms with van der Waals surface area (Å²) < 4.78 is 0. The molecule has 3 nitrogen and oxygen atoms in total. The number of hydrogen-bond donors (Lipinski definition) is 1. The first-order valence-corrected chi connectivity index (χ1v) is 9.94. The van der Waals surface area contributed by atoms with Crippen LogP contribution >= 0.6 is 35.4 Å². The second kappa shape index (κ2) is 10.2. The lowest BCUT2D eigenvalue weighted by atomic mass is 10.1. The van der Waals surface area contributed by atoms with Gasteiger partial charge in [0.05, 0.1) is 6.21 Å². The van der Waals surface area contributed by atoms with Gasteiger partial charge in [-0.05, 0) is 66.2 Å². The summed E-state index contributed by atoms with van der Waals surface area (Å²) in [6.45, 7) is 0.646. The smallest absolute Gasteiger partial charge is 0.194 e. The molecule has 0 saturated carbocycles. The highest BCUT2D eigenvalue weighted by Crippen LogP contribution is 2.15. The molecule has 0 bridgehead atoms. The number of hydrogen-bond acceptors (Lipinski definition) is 2. The highest BCUT2D eigenvalue weighted by molar-refractivity contribution is 7.80. The minimum absolute atomic E-state index is 0.517. The molecule has 0 aromatic heterocycles. The molecule has 0 spiro atoms. The van der Waals surface area contributed by atoms with Gasteiger partial charge in [0, 0.05) is 22.3 Å². The molecule has 1 N–H and O–H groups in total. The van der Waals surface area contributed by atoms with E-state index in [1.807, 2.05) is 66.7 Å². The van der Waals surface area contributed by atoms with Gasteiger partial charge in [-0.2, -0.15) is 5.10 Å². The van der Waals surface area contributed by atoms with E-state index in [1.54, 1.807) is 11.2 Å². The first kappa shape index (κ1) is 20.3. The number of anilines is 1. The Kier molecular flexibility index (Phi) is 7.43. The van der Waals surface area contributed by atoms with E-state index in [0.717, 1.165) is 17.7 Å². The first-order chi connectivity index (χ1) is 13.6. The lowest BCUT2D eigenvalue weighted by Gasteiger charge is -2.21. The van der Waals surface area contributed by atoms with E-state index in [1.165, 1.54) is 5.56 Å².